The zero-order valence-corrected chi connectivity index (χ0v) is 16.8. The zero-order valence-electron chi connectivity index (χ0n) is 15.2. The molecule has 2 aromatic carbocycles. The minimum Gasteiger partial charge on any atom is -0.341 e. The SMILES string of the molecule is Cc1nn(-c2ccccc2)c(C)c1CC(=O)N(C)Cc1ccc(Br)cc1. The van der Waals surface area contributed by atoms with Gasteiger partial charge in [-0.3, -0.25) is 4.79 Å². The van der Waals surface area contributed by atoms with Crippen molar-refractivity contribution in [2.75, 3.05) is 7.05 Å². The second-order valence-electron chi connectivity index (χ2n) is 6.45. The Labute approximate surface area is 162 Å². The molecule has 26 heavy (non-hydrogen) atoms. The zero-order chi connectivity index (χ0) is 18.7. The van der Waals surface area contributed by atoms with Gasteiger partial charge in [0.1, 0.15) is 0 Å². The number of amides is 1. The van der Waals surface area contributed by atoms with Crippen LogP contribution < -0.4 is 0 Å². The van der Waals surface area contributed by atoms with Crippen LogP contribution in [0.15, 0.2) is 59.1 Å². The summed E-state index contributed by atoms with van der Waals surface area (Å²) < 4.78 is 2.95. The van der Waals surface area contributed by atoms with Crippen molar-refractivity contribution in [3.8, 4) is 5.69 Å². The van der Waals surface area contributed by atoms with Crippen LogP contribution in [-0.4, -0.2) is 27.6 Å². The van der Waals surface area contributed by atoms with Crippen molar-refractivity contribution >= 4 is 21.8 Å². The second-order valence-corrected chi connectivity index (χ2v) is 7.37. The van der Waals surface area contributed by atoms with Crippen LogP contribution >= 0.6 is 15.9 Å². The summed E-state index contributed by atoms with van der Waals surface area (Å²) in [5, 5.41) is 4.63. The van der Waals surface area contributed by atoms with Gasteiger partial charge in [0.15, 0.2) is 0 Å². The molecule has 0 aliphatic heterocycles. The van der Waals surface area contributed by atoms with Crippen molar-refractivity contribution in [3.63, 3.8) is 0 Å². The van der Waals surface area contributed by atoms with Crippen LogP contribution in [0.3, 0.4) is 0 Å². The number of aromatic nitrogens is 2. The topological polar surface area (TPSA) is 38.1 Å². The van der Waals surface area contributed by atoms with Crippen molar-refractivity contribution in [3.05, 3.63) is 81.6 Å². The molecule has 0 bridgehead atoms. The lowest BCUT2D eigenvalue weighted by Gasteiger charge is -2.17. The minimum absolute atomic E-state index is 0.0896. The smallest absolute Gasteiger partial charge is 0.227 e. The van der Waals surface area contributed by atoms with Gasteiger partial charge in [0, 0.05) is 29.3 Å². The highest BCUT2D eigenvalue weighted by Crippen LogP contribution is 2.19. The van der Waals surface area contributed by atoms with E-state index in [0.29, 0.717) is 13.0 Å². The number of hydrogen-bond acceptors (Lipinski definition) is 2. The lowest BCUT2D eigenvalue weighted by Crippen LogP contribution is -2.28. The summed E-state index contributed by atoms with van der Waals surface area (Å²) in [5.41, 5.74) is 5.03. The third-order valence-corrected chi connectivity index (χ3v) is 5.06. The number of nitrogens with zero attached hydrogens (tertiary/aromatic N) is 3. The predicted molar refractivity (Wildman–Crippen MR) is 107 cm³/mol. The summed E-state index contributed by atoms with van der Waals surface area (Å²) in [5.74, 6) is 0.0896. The number of carbonyl (C=O) groups is 1. The summed E-state index contributed by atoms with van der Waals surface area (Å²) in [4.78, 5) is 14.5. The molecule has 134 valence electrons. The van der Waals surface area contributed by atoms with Crippen molar-refractivity contribution in [2.24, 2.45) is 0 Å². The van der Waals surface area contributed by atoms with Gasteiger partial charge < -0.3 is 4.90 Å². The minimum atomic E-state index is 0.0896. The Morgan fingerprint density at radius 2 is 1.73 bits per heavy atom. The molecule has 0 aliphatic rings. The average Bonchev–Trinajstić information content (AvgIpc) is 2.92. The number of hydrogen-bond donors (Lipinski definition) is 0. The van der Waals surface area contributed by atoms with Crippen LogP contribution in [0.2, 0.25) is 0 Å². The van der Waals surface area contributed by atoms with E-state index in [4.69, 9.17) is 0 Å². The molecular weight excluding hydrogens is 390 g/mol. The van der Waals surface area contributed by atoms with E-state index in [9.17, 15) is 4.79 Å². The summed E-state index contributed by atoms with van der Waals surface area (Å²) in [6.45, 7) is 4.57. The van der Waals surface area contributed by atoms with E-state index in [1.165, 1.54) is 0 Å². The molecule has 0 saturated heterocycles. The van der Waals surface area contributed by atoms with Gasteiger partial charge in [-0.1, -0.05) is 46.3 Å². The van der Waals surface area contributed by atoms with Gasteiger partial charge >= 0.3 is 0 Å². The Hall–Kier alpha value is -2.40. The number of benzene rings is 2. The molecule has 0 atom stereocenters. The third kappa shape index (κ3) is 4.05. The van der Waals surface area contributed by atoms with Crippen molar-refractivity contribution < 1.29 is 4.79 Å². The number of para-hydroxylation sites is 1. The van der Waals surface area contributed by atoms with E-state index in [1.807, 2.05) is 80.2 Å². The molecular formula is C21H22BrN3O. The van der Waals surface area contributed by atoms with Crippen LogP contribution in [0.5, 0.6) is 0 Å². The molecule has 4 nitrogen and oxygen atoms in total. The molecule has 3 rings (SSSR count). The molecule has 0 radical (unpaired) electrons. The molecule has 0 unspecified atom stereocenters. The van der Waals surface area contributed by atoms with Gasteiger partial charge in [-0.2, -0.15) is 5.10 Å². The van der Waals surface area contributed by atoms with Gasteiger partial charge in [0.2, 0.25) is 5.91 Å². The Morgan fingerprint density at radius 1 is 1.08 bits per heavy atom. The van der Waals surface area contributed by atoms with Crippen LogP contribution in [-0.2, 0) is 17.8 Å². The van der Waals surface area contributed by atoms with E-state index in [0.717, 1.165) is 32.7 Å². The number of carbonyl (C=O) groups excluding carboxylic acids is 1. The fourth-order valence-corrected chi connectivity index (χ4v) is 3.25. The summed E-state index contributed by atoms with van der Waals surface area (Å²) in [7, 11) is 1.84. The standard InChI is InChI=1S/C21H22BrN3O/c1-15-20(16(2)25(23-15)19-7-5-4-6-8-19)13-21(26)24(3)14-17-9-11-18(22)12-10-17/h4-12H,13-14H2,1-3H3. The van der Waals surface area contributed by atoms with Crippen LogP contribution in [0, 0.1) is 13.8 Å². The monoisotopic (exact) mass is 411 g/mol. The van der Waals surface area contributed by atoms with Crippen molar-refractivity contribution in [2.45, 2.75) is 26.8 Å². The first kappa shape index (κ1) is 18.4. The molecule has 0 spiro atoms. The predicted octanol–water partition coefficient (Wildman–Crippen LogP) is 4.45. The highest BCUT2D eigenvalue weighted by atomic mass is 79.9. The number of rotatable bonds is 5. The highest BCUT2D eigenvalue weighted by Gasteiger charge is 2.18. The molecule has 1 amide bonds. The first-order chi connectivity index (χ1) is 12.5. The Morgan fingerprint density at radius 3 is 2.38 bits per heavy atom. The largest absolute Gasteiger partial charge is 0.341 e. The molecule has 1 heterocycles. The van der Waals surface area contributed by atoms with Gasteiger partial charge in [-0.15, -0.1) is 0 Å². The second kappa shape index (κ2) is 7.87. The Kier molecular flexibility index (Phi) is 5.57. The summed E-state index contributed by atoms with van der Waals surface area (Å²) in [6.07, 6.45) is 0.359. The lowest BCUT2D eigenvalue weighted by molar-refractivity contribution is -0.129. The van der Waals surface area contributed by atoms with E-state index < -0.39 is 0 Å². The number of aryl methyl sites for hydroxylation is 1. The van der Waals surface area contributed by atoms with Gasteiger partial charge in [-0.05, 0) is 43.7 Å². The van der Waals surface area contributed by atoms with Crippen molar-refractivity contribution in [1.29, 1.82) is 0 Å². The summed E-state index contributed by atoms with van der Waals surface area (Å²) >= 11 is 3.43. The van der Waals surface area contributed by atoms with E-state index in [1.54, 1.807) is 4.90 Å². The molecule has 0 fully saturated rings. The molecule has 3 aromatic rings. The average molecular weight is 412 g/mol. The van der Waals surface area contributed by atoms with Gasteiger partial charge in [0.05, 0.1) is 17.8 Å². The first-order valence-corrected chi connectivity index (χ1v) is 9.34. The molecule has 0 aliphatic carbocycles. The molecule has 0 N–H and O–H groups in total. The van der Waals surface area contributed by atoms with Crippen molar-refractivity contribution in [1.82, 2.24) is 14.7 Å². The molecule has 0 saturated carbocycles. The Bertz CT molecular complexity index is 901. The fourth-order valence-electron chi connectivity index (χ4n) is 2.99. The maximum absolute atomic E-state index is 12.7. The number of likely N-dealkylation sites (N-methyl/N-ethyl adjacent to an activating group) is 1. The molecule has 1 aromatic heterocycles. The highest BCUT2D eigenvalue weighted by molar-refractivity contribution is 9.10. The first-order valence-electron chi connectivity index (χ1n) is 8.54. The maximum Gasteiger partial charge on any atom is 0.227 e. The van der Waals surface area contributed by atoms with Crippen LogP contribution in [0.4, 0.5) is 0 Å². The summed E-state index contributed by atoms with van der Waals surface area (Å²) in [6, 6.07) is 18.0. The third-order valence-electron chi connectivity index (χ3n) is 4.53. The van der Waals surface area contributed by atoms with Crippen LogP contribution in [0.1, 0.15) is 22.5 Å². The Balaban J connectivity index is 1.75. The van der Waals surface area contributed by atoms with Gasteiger partial charge in [-0.25, -0.2) is 4.68 Å². The van der Waals surface area contributed by atoms with Gasteiger partial charge in [0.25, 0.3) is 0 Å². The van der Waals surface area contributed by atoms with E-state index in [-0.39, 0.29) is 5.91 Å². The number of halogens is 1. The van der Waals surface area contributed by atoms with E-state index in [2.05, 4.69) is 21.0 Å². The maximum atomic E-state index is 12.7. The lowest BCUT2D eigenvalue weighted by atomic mass is 10.1. The fraction of sp³-hybridized carbons (Fsp3) is 0.238. The quantitative estimate of drug-likeness (QED) is 0.621. The normalized spacial score (nSPS) is 10.8. The van der Waals surface area contributed by atoms with E-state index >= 15 is 0 Å². The molecule has 5 heteroatoms. The van der Waals surface area contributed by atoms with Crippen LogP contribution in [0.25, 0.3) is 5.69 Å².